The van der Waals surface area contributed by atoms with E-state index < -0.39 is 0 Å². The monoisotopic (exact) mass is 446 g/mol. The van der Waals surface area contributed by atoms with Gasteiger partial charge in [0, 0.05) is 27.1 Å². The molecule has 4 saturated carbocycles. The van der Waals surface area contributed by atoms with Crippen LogP contribution in [0, 0.1) is 52.3 Å². The molecule has 3 nitrogen and oxygen atoms in total. The van der Waals surface area contributed by atoms with Crippen molar-refractivity contribution in [1.82, 2.24) is 0 Å². The van der Waals surface area contributed by atoms with Gasteiger partial charge in [0.25, 0.3) is 0 Å². The van der Waals surface area contributed by atoms with E-state index >= 15 is 0 Å². The molecule has 4 unspecified atom stereocenters. The minimum atomic E-state index is 0.349. The van der Waals surface area contributed by atoms with E-state index in [0.717, 1.165) is 49.4 Å². The van der Waals surface area contributed by atoms with Crippen LogP contribution in [0.1, 0.15) is 98.8 Å². The van der Waals surface area contributed by atoms with Crippen molar-refractivity contribution in [3.63, 3.8) is 0 Å². The number of carbonyl (C=O) groups excluding carboxylic acids is 1. The normalized spacial score (nSPS) is 45.8. The molecular formula is C29H50O3. The highest BCUT2D eigenvalue weighted by molar-refractivity contribution is 5.79. The lowest BCUT2D eigenvalue weighted by atomic mass is 9.43. The lowest BCUT2D eigenvalue weighted by Crippen LogP contribution is -2.58. The fraction of sp³-hybridized carbons (Fsp3) is 0.966. The van der Waals surface area contributed by atoms with Crippen LogP contribution < -0.4 is 0 Å². The van der Waals surface area contributed by atoms with Crippen molar-refractivity contribution < 1.29 is 14.3 Å². The Balaban J connectivity index is 1.52. The summed E-state index contributed by atoms with van der Waals surface area (Å²) in [7, 11) is 3.82. The highest BCUT2D eigenvalue weighted by atomic mass is 16.5. The number of ether oxygens (including phenoxy) is 2. The average molecular weight is 447 g/mol. The quantitative estimate of drug-likeness (QED) is 0.425. The lowest BCUT2D eigenvalue weighted by molar-refractivity contribution is -0.175. The summed E-state index contributed by atoms with van der Waals surface area (Å²) in [5.41, 5.74) is 0.799. The molecule has 0 aliphatic heterocycles. The molecule has 0 heterocycles. The van der Waals surface area contributed by atoms with Crippen molar-refractivity contribution in [3.8, 4) is 0 Å². The van der Waals surface area contributed by atoms with Crippen LogP contribution >= 0.6 is 0 Å². The van der Waals surface area contributed by atoms with Crippen molar-refractivity contribution in [2.24, 2.45) is 52.3 Å². The highest BCUT2D eigenvalue weighted by Gasteiger charge is 2.63. The first-order chi connectivity index (χ1) is 15.2. The maximum Gasteiger partial charge on any atom is 0.133 e. The Morgan fingerprint density at radius 1 is 0.969 bits per heavy atom. The standard InChI is InChI=1S/C29H50O3/c1-18(2)25(31-6)11-8-19(3)22-9-10-23-27-24(13-15-29(22,23)5)28(4)14-12-21(30)16-20(28)17-26(27)32-7/h18-20,22-27H,8-17H2,1-7H3/t19?,20-,22-,23?,24?,25-,26-,27?,28+,29-/m1/s1. The van der Waals surface area contributed by atoms with E-state index in [1.54, 1.807) is 0 Å². The number of methoxy groups -OCH3 is 2. The van der Waals surface area contributed by atoms with E-state index in [-0.39, 0.29) is 0 Å². The Kier molecular flexibility index (Phi) is 7.20. The van der Waals surface area contributed by atoms with Crippen LogP contribution in [0.3, 0.4) is 0 Å². The van der Waals surface area contributed by atoms with Crippen molar-refractivity contribution in [1.29, 1.82) is 0 Å². The van der Waals surface area contributed by atoms with Gasteiger partial charge in [-0.1, -0.05) is 34.6 Å². The van der Waals surface area contributed by atoms with Gasteiger partial charge in [-0.05, 0) is 104 Å². The van der Waals surface area contributed by atoms with Gasteiger partial charge in [-0.2, -0.15) is 0 Å². The number of hydrogen-bond acceptors (Lipinski definition) is 3. The van der Waals surface area contributed by atoms with Crippen LogP contribution in [0.5, 0.6) is 0 Å². The fourth-order valence-corrected chi connectivity index (χ4v) is 9.56. The van der Waals surface area contributed by atoms with E-state index in [0.29, 0.717) is 46.6 Å². The topological polar surface area (TPSA) is 35.5 Å². The molecule has 0 aromatic heterocycles. The second-order valence-electron chi connectivity index (χ2n) is 13.0. The SMILES string of the molecule is CO[C@H](CCC(C)[C@H]1CCC2C3C(CC[C@@]21C)[C@@]1(C)CCC(=O)C[C@@H]1C[C@H]3OC)C(C)C. The number of Topliss-reactive ketones (excluding diaryl/α,β-unsaturated/α-hetero) is 1. The minimum absolute atomic E-state index is 0.349. The molecule has 0 N–H and O–H groups in total. The van der Waals surface area contributed by atoms with Gasteiger partial charge in [0.1, 0.15) is 5.78 Å². The minimum Gasteiger partial charge on any atom is -0.381 e. The summed E-state index contributed by atoms with van der Waals surface area (Å²) >= 11 is 0. The second kappa shape index (κ2) is 9.33. The molecule has 0 amide bonds. The number of hydrogen-bond donors (Lipinski definition) is 0. The van der Waals surface area contributed by atoms with Gasteiger partial charge in [0.05, 0.1) is 12.2 Å². The molecule has 0 spiro atoms. The number of ketones is 1. The molecule has 4 aliphatic rings. The summed E-state index contributed by atoms with van der Waals surface area (Å²) in [5.74, 6) is 5.43. The molecule has 4 rings (SSSR count). The molecule has 32 heavy (non-hydrogen) atoms. The molecule has 0 saturated heterocycles. The molecule has 10 atom stereocenters. The van der Waals surface area contributed by atoms with Gasteiger partial charge in [-0.25, -0.2) is 0 Å². The predicted octanol–water partition coefficient (Wildman–Crippen LogP) is 6.93. The molecule has 184 valence electrons. The maximum atomic E-state index is 12.3. The smallest absolute Gasteiger partial charge is 0.133 e. The maximum absolute atomic E-state index is 12.3. The van der Waals surface area contributed by atoms with Gasteiger partial charge in [0.2, 0.25) is 0 Å². The van der Waals surface area contributed by atoms with Gasteiger partial charge >= 0.3 is 0 Å². The Morgan fingerprint density at radius 2 is 1.69 bits per heavy atom. The molecule has 0 bridgehead atoms. The Hall–Kier alpha value is -0.410. The summed E-state index contributed by atoms with van der Waals surface area (Å²) in [5, 5.41) is 0. The molecule has 3 heteroatoms. The second-order valence-corrected chi connectivity index (χ2v) is 13.0. The van der Waals surface area contributed by atoms with Gasteiger partial charge in [0.15, 0.2) is 0 Å². The van der Waals surface area contributed by atoms with Crippen LogP contribution in [-0.2, 0) is 14.3 Å². The third kappa shape index (κ3) is 4.02. The Morgan fingerprint density at radius 3 is 2.34 bits per heavy atom. The van der Waals surface area contributed by atoms with E-state index in [1.165, 1.54) is 38.5 Å². The highest BCUT2D eigenvalue weighted by Crippen LogP contribution is 2.68. The molecule has 4 fully saturated rings. The zero-order valence-corrected chi connectivity index (χ0v) is 22.0. The summed E-state index contributed by atoms with van der Waals surface area (Å²) in [6.45, 7) is 12.3. The first-order valence-corrected chi connectivity index (χ1v) is 13.7. The van der Waals surface area contributed by atoms with Crippen molar-refractivity contribution >= 4 is 5.78 Å². The van der Waals surface area contributed by atoms with Gasteiger partial charge in [-0.3, -0.25) is 4.79 Å². The molecular weight excluding hydrogens is 396 g/mol. The third-order valence-electron chi connectivity index (χ3n) is 11.5. The summed E-state index contributed by atoms with van der Waals surface area (Å²) in [4.78, 5) is 12.3. The lowest BCUT2D eigenvalue weighted by Gasteiger charge is -2.62. The van der Waals surface area contributed by atoms with E-state index in [1.807, 2.05) is 14.2 Å². The number of fused-ring (bicyclic) bond motifs is 5. The van der Waals surface area contributed by atoms with Crippen LogP contribution in [0.4, 0.5) is 0 Å². The Bertz CT molecular complexity index is 673. The third-order valence-corrected chi connectivity index (χ3v) is 11.5. The largest absolute Gasteiger partial charge is 0.381 e. The number of carbonyl (C=O) groups is 1. The first-order valence-electron chi connectivity index (χ1n) is 13.7. The average Bonchev–Trinajstić information content (AvgIpc) is 3.11. The zero-order valence-electron chi connectivity index (χ0n) is 22.0. The molecule has 0 aromatic carbocycles. The number of rotatable bonds is 7. The zero-order chi connectivity index (χ0) is 23.3. The van der Waals surface area contributed by atoms with Crippen molar-refractivity contribution in [2.75, 3.05) is 14.2 Å². The van der Waals surface area contributed by atoms with E-state index in [9.17, 15) is 4.79 Å². The van der Waals surface area contributed by atoms with E-state index in [4.69, 9.17) is 9.47 Å². The summed E-state index contributed by atoms with van der Waals surface area (Å²) < 4.78 is 12.0. The van der Waals surface area contributed by atoms with Crippen LogP contribution in [0.25, 0.3) is 0 Å². The van der Waals surface area contributed by atoms with Crippen LogP contribution in [0.15, 0.2) is 0 Å². The molecule has 0 aromatic rings. The van der Waals surface area contributed by atoms with Crippen LogP contribution in [-0.4, -0.2) is 32.2 Å². The summed E-state index contributed by atoms with van der Waals surface area (Å²) in [6.07, 6.45) is 12.5. The van der Waals surface area contributed by atoms with Crippen molar-refractivity contribution in [3.05, 3.63) is 0 Å². The molecule has 0 radical (unpaired) electrons. The van der Waals surface area contributed by atoms with Crippen LogP contribution in [0.2, 0.25) is 0 Å². The van der Waals surface area contributed by atoms with E-state index in [2.05, 4.69) is 34.6 Å². The van der Waals surface area contributed by atoms with Gasteiger partial charge < -0.3 is 9.47 Å². The van der Waals surface area contributed by atoms with Gasteiger partial charge in [-0.15, -0.1) is 0 Å². The first kappa shape index (κ1) is 24.7. The fourth-order valence-electron chi connectivity index (χ4n) is 9.56. The Labute approximate surface area is 197 Å². The molecule has 4 aliphatic carbocycles. The van der Waals surface area contributed by atoms with Crippen molar-refractivity contribution in [2.45, 2.75) is 111 Å². The summed E-state index contributed by atoms with van der Waals surface area (Å²) in [6, 6.07) is 0. The predicted molar refractivity (Wildman–Crippen MR) is 130 cm³/mol.